The van der Waals surface area contributed by atoms with Gasteiger partial charge in [0.2, 0.25) is 0 Å². The SMILES string of the molecule is CCOc1ccccc1C(=O)N1CCCC1C(N)=S. The quantitative estimate of drug-likeness (QED) is 0.856. The average Bonchev–Trinajstić information content (AvgIpc) is 2.88. The van der Waals surface area contributed by atoms with E-state index in [2.05, 4.69) is 0 Å². The maximum Gasteiger partial charge on any atom is 0.258 e. The summed E-state index contributed by atoms with van der Waals surface area (Å²) in [7, 11) is 0. The van der Waals surface area contributed by atoms with Crippen LogP contribution >= 0.6 is 12.2 Å². The van der Waals surface area contributed by atoms with E-state index >= 15 is 0 Å². The summed E-state index contributed by atoms with van der Waals surface area (Å²) in [6.45, 7) is 3.12. The number of para-hydroxylation sites is 1. The summed E-state index contributed by atoms with van der Waals surface area (Å²) in [5.74, 6) is 0.558. The number of rotatable bonds is 4. The molecule has 0 bridgehead atoms. The second kappa shape index (κ2) is 6.02. The lowest BCUT2D eigenvalue weighted by Gasteiger charge is -2.24. The van der Waals surface area contributed by atoms with Gasteiger partial charge in [0.25, 0.3) is 5.91 Å². The minimum atomic E-state index is -0.128. The largest absolute Gasteiger partial charge is 0.493 e. The van der Waals surface area contributed by atoms with Crippen molar-refractivity contribution in [3.63, 3.8) is 0 Å². The van der Waals surface area contributed by atoms with Crippen molar-refractivity contribution in [3.05, 3.63) is 29.8 Å². The molecule has 1 fully saturated rings. The van der Waals surface area contributed by atoms with Crippen LogP contribution < -0.4 is 10.5 Å². The van der Waals surface area contributed by atoms with Crippen molar-refractivity contribution in [3.8, 4) is 5.75 Å². The fraction of sp³-hybridized carbons (Fsp3) is 0.429. The van der Waals surface area contributed by atoms with Crippen LogP contribution in [0.3, 0.4) is 0 Å². The molecule has 1 unspecified atom stereocenters. The summed E-state index contributed by atoms with van der Waals surface area (Å²) in [5.41, 5.74) is 6.28. The molecular weight excluding hydrogens is 260 g/mol. The van der Waals surface area contributed by atoms with Crippen LogP contribution in [0.15, 0.2) is 24.3 Å². The summed E-state index contributed by atoms with van der Waals surface area (Å²) in [6, 6.07) is 7.15. The molecule has 0 aliphatic carbocycles. The summed E-state index contributed by atoms with van der Waals surface area (Å²) < 4.78 is 5.50. The minimum absolute atomic E-state index is 0.0562. The van der Waals surface area contributed by atoms with Gasteiger partial charge in [-0.25, -0.2) is 0 Å². The fourth-order valence-electron chi connectivity index (χ4n) is 2.38. The number of ether oxygens (including phenoxy) is 1. The second-order valence-corrected chi connectivity index (χ2v) is 4.96. The molecule has 0 spiro atoms. The smallest absolute Gasteiger partial charge is 0.258 e. The zero-order chi connectivity index (χ0) is 13.8. The number of hydrogen-bond donors (Lipinski definition) is 1. The van der Waals surface area contributed by atoms with Crippen LogP contribution in [0.25, 0.3) is 0 Å². The Hall–Kier alpha value is -1.62. The normalized spacial score (nSPS) is 18.4. The maximum absolute atomic E-state index is 12.6. The van der Waals surface area contributed by atoms with Gasteiger partial charge in [0, 0.05) is 6.54 Å². The maximum atomic E-state index is 12.6. The summed E-state index contributed by atoms with van der Waals surface area (Å²) >= 11 is 5.04. The van der Waals surface area contributed by atoms with Gasteiger partial charge in [-0.1, -0.05) is 24.4 Å². The van der Waals surface area contributed by atoms with Gasteiger partial charge in [0.15, 0.2) is 0 Å². The number of thiocarbonyl (C=S) groups is 1. The fourth-order valence-corrected chi connectivity index (χ4v) is 2.63. The molecule has 1 atom stereocenters. The molecule has 0 aromatic heterocycles. The molecule has 5 heteroatoms. The van der Waals surface area contributed by atoms with Gasteiger partial charge >= 0.3 is 0 Å². The molecule has 1 amide bonds. The topological polar surface area (TPSA) is 55.6 Å². The molecule has 2 rings (SSSR count). The van der Waals surface area contributed by atoms with Gasteiger partial charge in [-0.15, -0.1) is 0 Å². The Kier molecular flexibility index (Phi) is 4.37. The molecule has 1 aliphatic heterocycles. The first-order valence-electron chi connectivity index (χ1n) is 6.47. The van der Waals surface area contributed by atoms with Crippen LogP contribution in [-0.4, -0.2) is 35.0 Å². The number of carbonyl (C=O) groups is 1. The average molecular weight is 278 g/mol. The predicted molar refractivity (Wildman–Crippen MR) is 78.5 cm³/mol. The molecule has 1 heterocycles. The highest BCUT2D eigenvalue weighted by molar-refractivity contribution is 7.80. The van der Waals surface area contributed by atoms with Crippen molar-refractivity contribution in [1.29, 1.82) is 0 Å². The Morgan fingerprint density at radius 2 is 2.26 bits per heavy atom. The monoisotopic (exact) mass is 278 g/mol. The molecule has 1 aromatic rings. The minimum Gasteiger partial charge on any atom is -0.493 e. The Balaban J connectivity index is 2.26. The highest BCUT2D eigenvalue weighted by Gasteiger charge is 2.32. The van der Waals surface area contributed by atoms with E-state index in [0.717, 1.165) is 12.8 Å². The lowest BCUT2D eigenvalue weighted by molar-refractivity contribution is 0.0766. The van der Waals surface area contributed by atoms with Gasteiger partial charge < -0.3 is 15.4 Å². The Morgan fingerprint density at radius 3 is 2.95 bits per heavy atom. The van der Waals surface area contributed by atoms with Crippen LogP contribution in [0.5, 0.6) is 5.75 Å². The standard InChI is InChI=1S/C14H18N2O2S/c1-2-18-12-8-4-3-6-10(12)14(17)16-9-5-7-11(16)13(15)19/h3-4,6,8,11H,2,5,7,9H2,1H3,(H2,15,19). The first-order chi connectivity index (χ1) is 9.15. The Bertz CT molecular complexity index is 490. The van der Waals surface area contributed by atoms with Crippen molar-refractivity contribution in [2.45, 2.75) is 25.8 Å². The highest BCUT2D eigenvalue weighted by Crippen LogP contribution is 2.25. The lowest BCUT2D eigenvalue weighted by Crippen LogP contribution is -2.42. The van der Waals surface area contributed by atoms with E-state index in [1.165, 1.54) is 0 Å². The molecule has 0 radical (unpaired) electrons. The number of hydrogen-bond acceptors (Lipinski definition) is 3. The van der Waals surface area contributed by atoms with Crippen molar-refractivity contribution in [2.24, 2.45) is 5.73 Å². The molecule has 1 aliphatic rings. The zero-order valence-electron chi connectivity index (χ0n) is 11.0. The third-order valence-corrected chi connectivity index (χ3v) is 3.53. The van der Waals surface area contributed by atoms with Gasteiger partial charge in [-0.2, -0.15) is 0 Å². The van der Waals surface area contributed by atoms with E-state index in [-0.39, 0.29) is 11.9 Å². The lowest BCUT2D eigenvalue weighted by atomic mass is 10.1. The van der Waals surface area contributed by atoms with Crippen molar-refractivity contribution in [1.82, 2.24) is 4.90 Å². The third kappa shape index (κ3) is 2.87. The second-order valence-electron chi connectivity index (χ2n) is 4.49. The summed E-state index contributed by atoms with van der Waals surface area (Å²) in [6.07, 6.45) is 1.78. The van der Waals surface area contributed by atoms with Crippen molar-refractivity contribution in [2.75, 3.05) is 13.2 Å². The van der Waals surface area contributed by atoms with E-state index in [9.17, 15) is 4.79 Å². The molecule has 19 heavy (non-hydrogen) atoms. The predicted octanol–water partition coefficient (Wildman–Crippen LogP) is 1.98. The zero-order valence-corrected chi connectivity index (χ0v) is 11.8. The van der Waals surface area contributed by atoms with Crippen LogP contribution in [0.2, 0.25) is 0 Å². The molecule has 2 N–H and O–H groups in total. The molecule has 4 nitrogen and oxygen atoms in total. The number of nitrogens with two attached hydrogens (primary N) is 1. The van der Waals surface area contributed by atoms with E-state index in [4.69, 9.17) is 22.7 Å². The highest BCUT2D eigenvalue weighted by atomic mass is 32.1. The Morgan fingerprint density at radius 1 is 1.53 bits per heavy atom. The molecular formula is C14H18N2O2S. The summed E-state index contributed by atoms with van der Waals surface area (Å²) in [4.78, 5) is 14.7. The van der Waals surface area contributed by atoms with Crippen LogP contribution in [0.4, 0.5) is 0 Å². The first-order valence-corrected chi connectivity index (χ1v) is 6.88. The third-order valence-electron chi connectivity index (χ3n) is 3.26. The number of benzene rings is 1. The molecule has 1 saturated heterocycles. The van der Waals surface area contributed by atoms with Crippen molar-refractivity contribution < 1.29 is 9.53 Å². The number of amides is 1. The molecule has 0 saturated carbocycles. The van der Waals surface area contributed by atoms with Gasteiger partial charge in [-0.05, 0) is 31.9 Å². The van der Waals surface area contributed by atoms with Crippen LogP contribution in [0.1, 0.15) is 30.1 Å². The molecule has 102 valence electrons. The van der Waals surface area contributed by atoms with E-state index < -0.39 is 0 Å². The number of carbonyl (C=O) groups excluding carboxylic acids is 1. The summed E-state index contributed by atoms with van der Waals surface area (Å²) in [5, 5.41) is 0. The van der Waals surface area contributed by atoms with E-state index in [1.807, 2.05) is 25.1 Å². The van der Waals surface area contributed by atoms with Gasteiger partial charge in [0.05, 0.1) is 23.2 Å². The van der Waals surface area contributed by atoms with E-state index in [1.54, 1.807) is 11.0 Å². The number of nitrogens with zero attached hydrogens (tertiary/aromatic N) is 1. The Labute approximate surface area is 118 Å². The van der Waals surface area contributed by atoms with E-state index in [0.29, 0.717) is 29.5 Å². The number of likely N-dealkylation sites (tertiary alicyclic amines) is 1. The van der Waals surface area contributed by atoms with Gasteiger partial charge in [0.1, 0.15) is 5.75 Å². The van der Waals surface area contributed by atoms with Crippen molar-refractivity contribution >= 4 is 23.1 Å². The van der Waals surface area contributed by atoms with Crippen LogP contribution in [-0.2, 0) is 0 Å². The first kappa shape index (κ1) is 13.8. The van der Waals surface area contributed by atoms with Crippen LogP contribution in [0, 0.1) is 0 Å². The van der Waals surface area contributed by atoms with Gasteiger partial charge in [-0.3, -0.25) is 4.79 Å². The molecule has 1 aromatic carbocycles.